The Kier molecular flexibility index (Phi) is 6.19. The van der Waals surface area contributed by atoms with Gasteiger partial charge in [0.1, 0.15) is 11.9 Å². The fourth-order valence-corrected chi connectivity index (χ4v) is 2.60. The van der Waals surface area contributed by atoms with Crippen molar-refractivity contribution >= 4 is 23.6 Å². The average Bonchev–Trinajstić information content (AvgIpc) is 2.86. The van der Waals surface area contributed by atoms with Gasteiger partial charge in [0, 0.05) is 19.5 Å². The first kappa shape index (κ1) is 17.5. The van der Waals surface area contributed by atoms with Crippen molar-refractivity contribution in [3.8, 4) is 0 Å². The summed E-state index contributed by atoms with van der Waals surface area (Å²) in [5.41, 5.74) is 0. The Balaban J connectivity index is 3.13. The molecule has 1 atom stereocenters. The predicted molar refractivity (Wildman–Crippen MR) is 80.5 cm³/mol. The molecule has 8 heteroatoms. The lowest BCUT2D eigenvalue weighted by atomic mass is 10.2. The molecule has 1 heterocycles. The van der Waals surface area contributed by atoms with Gasteiger partial charge in [-0.25, -0.2) is 0 Å². The lowest BCUT2D eigenvalue weighted by Crippen LogP contribution is -2.34. The predicted octanol–water partition coefficient (Wildman–Crippen LogP) is 1.62. The highest BCUT2D eigenvalue weighted by Gasteiger charge is 2.26. The molecule has 0 radical (unpaired) electrons. The van der Waals surface area contributed by atoms with Crippen LogP contribution >= 0.6 is 11.8 Å². The molecule has 7 nitrogen and oxygen atoms in total. The standard InChI is InChI=1S/C13H22N4O3S/c1-6-16(5)12(20)9(4)17-11(8(2)3)14-15-13(17)21-7-10(18)19/h8-9H,6-7H2,1-5H3,(H,18,19). The number of hydrogen-bond donors (Lipinski definition) is 1. The summed E-state index contributed by atoms with van der Waals surface area (Å²) in [6.45, 7) is 8.23. The first-order chi connectivity index (χ1) is 9.79. The molecule has 1 aromatic rings. The summed E-state index contributed by atoms with van der Waals surface area (Å²) in [4.78, 5) is 24.7. The molecule has 118 valence electrons. The summed E-state index contributed by atoms with van der Waals surface area (Å²) >= 11 is 1.08. The van der Waals surface area contributed by atoms with Crippen molar-refractivity contribution in [1.29, 1.82) is 0 Å². The summed E-state index contributed by atoms with van der Waals surface area (Å²) in [5.74, 6) is -0.297. The van der Waals surface area contributed by atoms with E-state index in [4.69, 9.17) is 5.11 Å². The average molecular weight is 314 g/mol. The van der Waals surface area contributed by atoms with E-state index >= 15 is 0 Å². The molecule has 1 aromatic heterocycles. The fraction of sp³-hybridized carbons (Fsp3) is 0.692. The third kappa shape index (κ3) is 4.20. The Morgan fingerprint density at radius 1 is 1.33 bits per heavy atom. The zero-order chi connectivity index (χ0) is 16.2. The maximum atomic E-state index is 12.4. The van der Waals surface area contributed by atoms with Crippen LogP contribution in [-0.2, 0) is 9.59 Å². The number of aliphatic carboxylic acids is 1. The number of carbonyl (C=O) groups excluding carboxylic acids is 1. The van der Waals surface area contributed by atoms with Gasteiger partial charge in [0.15, 0.2) is 5.16 Å². The van der Waals surface area contributed by atoms with Crippen molar-refractivity contribution in [3.63, 3.8) is 0 Å². The number of rotatable bonds is 7. The highest BCUT2D eigenvalue weighted by molar-refractivity contribution is 7.99. The molecule has 0 aromatic carbocycles. The highest BCUT2D eigenvalue weighted by atomic mass is 32.2. The molecule has 0 saturated carbocycles. The zero-order valence-electron chi connectivity index (χ0n) is 13.0. The Bertz CT molecular complexity index is 516. The summed E-state index contributed by atoms with van der Waals surface area (Å²) in [7, 11) is 1.74. The second-order valence-electron chi connectivity index (χ2n) is 5.08. The van der Waals surface area contributed by atoms with E-state index < -0.39 is 12.0 Å². The van der Waals surface area contributed by atoms with E-state index in [2.05, 4.69) is 10.2 Å². The number of thioether (sulfide) groups is 1. The monoisotopic (exact) mass is 314 g/mol. The second-order valence-corrected chi connectivity index (χ2v) is 6.02. The topological polar surface area (TPSA) is 88.3 Å². The van der Waals surface area contributed by atoms with Crippen LogP contribution in [0.25, 0.3) is 0 Å². The van der Waals surface area contributed by atoms with E-state index in [1.165, 1.54) is 0 Å². The van der Waals surface area contributed by atoms with Crippen molar-refractivity contribution in [2.75, 3.05) is 19.3 Å². The van der Waals surface area contributed by atoms with Crippen molar-refractivity contribution in [2.24, 2.45) is 0 Å². The van der Waals surface area contributed by atoms with E-state index in [0.717, 1.165) is 11.8 Å². The minimum absolute atomic E-state index is 0.0450. The summed E-state index contributed by atoms with van der Waals surface area (Å²) in [6.07, 6.45) is 0. The normalized spacial score (nSPS) is 12.5. The number of hydrogen-bond acceptors (Lipinski definition) is 5. The molecule has 1 rings (SSSR count). The third-order valence-electron chi connectivity index (χ3n) is 3.13. The van der Waals surface area contributed by atoms with Gasteiger partial charge in [-0.3, -0.25) is 14.2 Å². The van der Waals surface area contributed by atoms with Gasteiger partial charge < -0.3 is 10.0 Å². The van der Waals surface area contributed by atoms with Gasteiger partial charge >= 0.3 is 5.97 Å². The number of carboxylic acid groups (broad SMARTS) is 1. The van der Waals surface area contributed by atoms with Crippen LogP contribution in [0, 0.1) is 0 Å². The van der Waals surface area contributed by atoms with Gasteiger partial charge in [-0.15, -0.1) is 10.2 Å². The molecule has 0 bridgehead atoms. The van der Waals surface area contributed by atoms with Crippen LogP contribution in [-0.4, -0.2) is 56.0 Å². The molecule has 0 aliphatic carbocycles. The fourth-order valence-electron chi connectivity index (χ4n) is 1.86. The molecule has 1 N–H and O–H groups in total. The number of amides is 1. The van der Waals surface area contributed by atoms with Crippen LogP contribution in [0.3, 0.4) is 0 Å². The van der Waals surface area contributed by atoms with Crippen LogP contribution in [0.1, 0.15) is 45.5 Å². The number of carboxylic acids is 1. The molecule has 1 unspecified atom stereocenters. The SMILES string of the molecule is CCN(C)C(=O)C(C)n1c(SCC(=O)O)nnc1C(C)C. The van der Waals surface area contributed by atoms with E-state index in [9.17, 15) is 9.59 Å². The quantitative estimate of drug-likeness (QED) is 0.769. The van der Waals surface area contributed by atoms with Crippen LogP contribution in [0.15, 0.2) is 5.16 Å². The first-order valence-corrected chi connectivity index (χ1v) is 7.82. The van der Waals surface area contributed by atoms with Crippen LogP contribution < -0.4 is 0 Å². The minimum atomic E-state index is -0.926. The molecule has 0 saturated heterocycles. The molecule has 21 heavy (non-hydrogen) atoms. The maximum absolute atomic E-state index is 12.4. The van der Waals surface area contributed by atoms with Crippen molar-refractivity contribution in [2.45, 2.75) is 44.8 Å². The second kappa shape index (κ2) is 7.44. The van der Waals surface area contributed by atoms with Crippen molar-refractivity contribution in [1.82, 2.24) is 19.7 Å². The Morgan fingerprint density at radius 3 is 2.43 bits per heavy atom. The van der Waals surface area contributed by atoms with Gasteiger partial charge in [0.25, 0.3) is 0 Å². The van der Waals surface area contributed by atoms with Crippen LogP contribution in [0.5, 0.6) is 0 Å². The first-order valence-electron chi connectivity index (χ1n) is 6.83. The molecular formula is C13H22N4O3S. The Labute approximate surface area is 128 Å². The van der Waals surface area contributed by atoms with E-state index in [1.807, 2.05) is 20.8 Å². The summed E-state index contributed by atoms with van der Waals surface area (Å²) in [6, 6.07) is -0.460. The molecule has 0 spiro atoms. The van der Waals surface area contributed by atoms with Crippen LogP contribution in [0.4, 0.5) is 0 Å². The number of nitrogens with zero attached hydrogens (tertiary/aromatic N) is 4. The number of aromatic nitrogens is 3. The van der Waals surface area contributed by atoms with E-state index in [1.54, 1.807) is 23.4 Å². The lowest BCUT2D eigenvalue weighted by molar-refractivity contribution is -0.134. The third-order valence-corrected chi connectivity index (χ3v) is 4.06. The molecule has 1 amide bonds. The Morgan fingerprint density at radius 2 is 1.95 bits per heavy atom. The van der Waals surface area contributed by atoms with E-state index in [0.29, 0.717) is 17.5 Å². The van der Waals surface area contributed by atoms with Gasteiger partial charge in [-0.1, -0.05) is 25.6 Å². The number of carbonyl (C=O) groups is 2. The largest absolute Gasteiger partial charge is 0.481 e. The zero-order valence-corrected chi connectivity index (χ0v) is 13.8. The molecule has 0 aliphatic rings. The smallest absolute Gasteiger partial charge is 0.313 e. The van der Waals surface area contributed by atoms with Gasteiger partial charge in [0.2, 0.25) is 5.91 Å². The molecule has 0 fully saturated rings. The number of likely N-dealkylation sites (N-methyl/N-ethyl adjacent to an activating group) is 1. The maximum Gasteiger partial charge on any atom is 0.313 e. The van der Waals surface area contributed by atoms with Gasteiger partial charge in [0.05, 0.1) is 5.75 Å². The van der Waals surface area contributed by atoms with Gasteiger partial charge in [-0.05, 0) is 13.8 Å². The van der Waals surface area contributed by atoms with Crippen molar-refractivity contribution < 1.29 is 14.7 Å². The van der Waals surface area contributed by atoms with Crippen molar-refractivity contribution in [3.05, 3.63) is 5.82 Å². The Hall–Kier alpha value is -1.57. The lowest BCUT2D eigenvalue weighted by Gasteiger charge is -2.23. The van der Waals surface area contributed by atoms with Crippen LogP contribution in [0.2, 0.25) is 0 Å². The van der Waals surface area contributed by atoms with Gasteiger partial charge in [-0.2, -0.15) is 0 Å². The molecule has 0 aliphatic heterocycles. The summed E-state index contributed by atoms with van der Waals surface area (Å²) < 4.78 is 1.74. The molecular weight excluding hydrogens is 292 g/mol. The summed E-state index contributed by atoms with van der Waals surface area (Å²) in [5, 5.41) is 17.4. The highest BCUT2D eigenvalue weighted by Crippen LogP contribution is 2.26. The minimum Gasteiger partial charge on any atom is -0.481 e. The van der Waals surface area contributed by atoms with E-state index in [-0.39, 0.29) is 17.6 Å².